The highest BCUT2D eigenvalue weighted by molar-refractivity contribution is 5.94. The molecule has 25 heavy (non-hydrogen) atoms. The summed E-state index contributed by atoms with van der Waals surface area (Å²) in [5.74, 6) is 1.87. The number of carbonyl (C=O) groups excluding carboxylic acids is 1. The van der Waals surface area contributed by atoms with Gasteiger partial charge in [-0.2, -0.15) is 0 Å². The molecular formula is C20H25ClN2O2. The van der Waals surface area contributed by atoms with Crippen LogP contribution in [0.4, 0.5) is 5.69 Å². The standard InChI is InChI=1S/C20H24N2O2.ClH/c1-15-14-16(12-13-21-15)20(23)22(2)17-8-10-19(11-9-17)24-18-6-4-3-5-7-18;/h3-11,15-16,21H,12-14H2,1-2H3;1H/t15-,16-;/m0./s1. The van der Waals surface area contributed by atoms with Crippen LogP contribution in [0.5, 0.6) is 11.5 Å². The van der Waals surface area contributed by atoms with E-state index in [1.807, 2.05) is 61.6 Å². The second-order valence-corrected chi connectivity index (χ2v) is 6.38. The molecule has 0 spiro atoms. The monoisotopic (exact) mass is 360 g/mol. The molecule has 0 radical (unpaired) electrons. The van der Waals surface area contributed by atoms with Crippen LogP contribution in [0.2, 0.25) is 0 Å². The summed E-state index contributed by atoms with van der Waals surface area (Å²) in [5, 5.41) is 3.39. The van der Waals surface area contributed by atoms with E-state index in [1.165, 1.54) is 0 Å². The number of rotatable bonds is 4. The lowest BCUT2D eigenvalue weighted by Crippen LogP contribution is -2.43. The number of anilines is 1. The Hall–Kier alpha value is -2.04. The van der Waals surface area contributed by atoms with Crippen LogP contribution in [0.3, 0.4) is 0 Å². The zero-order valence-corrected chi connectivity index (χ0v) is 15.5. The highest BCUT2D eigenvalue weighted by atomic mass is 35.5. The van der Waals surface area contributed by atoms with Crippen molar-refractivity contribution in [1.82, 2.24) is 5.32 Å². The third-order valence-corrected chi connectivity index (χ3v) is 4.51. The number of para-hydroxylation sites is 1. The van der Waals surface area contributed by atoms with Crippen molar-refractivity contribution in [3.8, 4) is 11.5 Å². The summed E-state index contributed by atoms with van der Waals surface area (Å²) in [6.07, 6.45) is 1.81. The Balaban J connectivity index is 0.00000225. The van der Waals surface area contributed by atoms with Crippen molar-refractivity contribution in [2.75, 3.05) is 18.5 Å². The largest absolute Gasteiger partial charge is 0.457 e. The van der Waals surface area contributed by atoms with Gasteiger partial charge in [0, 0.05) is 24.7 Å². The summed E-state index contributed by atoms with van der Waals surface area (Å²) < 4.78 is 5.79. The van der Waals surface area contributed by atoms with Gasteiger partial charge in [-0.05, 0) is 62.7 Å². The van der Waals surface area contributed by atoms with Gasteiger partial charge in [-0.15, -0.1) is 12.4 Å². The number of halogens is 1. The Morgan fingerprint density at radius 3 is 2.36 bits per heavy atom. The van der Waals surface area contributed by atoms with Gasteiger partial charge in [-0.1, -0.05) is 18.2 Å². The number of hydrogen-bond acceptors (Lipinski definition) is 3. The number of piperidine rings is 1. The molecule has 0 aliphatic carbocycles. The van der Waals surface area contributed by atoms with E-state index in [-0.39, 0.29) is 24.2 Å². The van der Waals surface area contributed by atoms with Crippen molar-refractivity contribution >= 4 is 24.0 Å². The van der Waals surface area contributed by atoms with Gasteiger partial charge >= 0.3 is 0 Å². The minimum Gasteiger partial charge on any atom is -0.457 e. The third kappa shape index (κ3) is 4.97. The fourth-order valence-electron chi connectivity index (χ4n) is 3.12. The molecule has 0 unspecified atom stereocenters. The first-order chi connectivity index (χ1) is 11.6. The van der Waals surface area contributed by atoms with E-state index in [4.69, 9.17) is 4.74 Å². The van der Waals surface area contributed by atoms with Crippen molar-refractivity contribution in [1.29, 1.82) is 0 Å². The summed E-state index contributed by atoms with van der Waals surface area (Å²) in [6.45, 7) is 3.05. The van der Waals surface area contributed by atoms with E-state index < -0.39 is 0 Å². The Kier molecular flexibility index (Phi) is 6.85. The summed E-state index contributed by atoms with van der Waals surface area (Å²) in [4.78, 5) is 14.4. The van der Waals surface area contributed by atoms with Crippen LogP contribution >= 0.6 is 12.4 Å². The van der Waals surface area contributed by atoms with Crippen LogP contribution in [0, 0.1) is 5.92 Å². The van der Waals surface area contributed by atoms with E-state index in [9.17, 15) is 4.79 Å². The number of nitrogens with zero attached hydrogens (tertiary/aromatic N) is 1. The van der Waals surface area contributed by atoms with Crippen molar-refractivity contribution in [3.05, 3.63) is 54.6 Å². The fourth-order valence-corrected chi connectivity index (χ4v) is 3.12. The maximum atomic E-state index is 12.7. The van der Waals surface area contributed by atoms with E-state index in [1.54, 1.807) is 4.90 Å². The number of ether oxygens (including phenoxy) is 1. The lowest BCUT2D eigenvalue weighted by atomic mass is 9.92. The predicted molar refractivity (Wildman–Crippen MR) is 104 cm³/mol. The molecule has 2 atom stereocenters. The van der Waals surface area contributed by atoms with Gasteiger partial charge in [0.15, 0.2) is 0 Å². The maximum absolute atomic E-state index is 12.7. The van der Waals surface area contributed by atoms with Gasteiger partial charge in [0.2, 0.25) is 5.91 Å². The molecule has 1 aliphatic rings. The van der Waals surface area contributed by atoms with Crippen molar-refractivity contribution < 1.29 is 9.53 Å². The molecule has 1 saturated heterocycles. The highest BCUT2D eigenvalue weighted by Crippen LogP contribution is 2.26. The molecule has 4 nitrogen and oxygen atoms in total. The number of hydrogen-bond donors (Lipinski definition) is 1. The summed E-state index contributed by atoms with van der Waals surface area (Å²) in [7, 11) is 1.85. The van der Waals surface area contributed by atoms with Crippen LogP contribution in [0.15, 0.2) is 54.6 Å². The topological polar surface area (TPSA) is 41.6 Å². The normalized spacial score (nSPS) is 19.6. The molecule has 3 rings (SSSR count). The number of amides is 1. The Labute approximate surface area is 155 Å². The Morgan fingerprint density at radius 2 is 1.72 bits per heavy atom. The average molecular weight is 361 g/mol. The first-order valence-electron chi connectivity index (χ1n) is 8.47. The second kappa shape index (κ2) is 8.88. The maximum Gasteiger partial charge on any atom is 0.229 e. The molecule has 2 aromatic rings. The highest BCUT2D eigenvalue weighted by Gasteiger charge is 2.27. The summed E-state index contributed by atoms with van der Waals surface area (Å²) in [6, 6.07) is 17.7. The van der Waals surface area contributed by atoms with E-state index in [0.29, 0.717) is 6.04 Å². The Bertz CT molecular complexity index is 676. The molecule has 1 amide bonds. The Morgan fingerprint density at radius 1 is 1.08 bits per heavy atom. The lowest BCUT2D eigenvalue weighted by molar-refractivity contribution is -0.123. The van der Waals surface area contributed by atoms with E-state index in [2.05, 4.69) is 12.2 Å². The quantitative estimate of drug-likeness (QED) is 0.886. The van der Waals surface area contributed by atoms with Gasteiger partial charge in [0.25, 0.3) is 0 Å². The van der Waals surface area contributed by atoms with Crippen LogP contribution in [-0.2, 0) is 4.79 Å². The van der Waals surface area contributed by atoms with Gasteiger partial charge in [0.05, 0.1) is 0 Å². The first kappa shape index (κ1) is 19.3. The average Bonchev–Trinajstić information content (AvgIpc) is 2.62. The molecule has 2 aromatic carbocycles. The SMILES string of the molecule is C[C@H]1C[C@@H](C(=O)N(C)c2ccc(Oc3ccccc3)cc2)CCN1.Cl. The van der Waals surface area contributed by atoms with Gasteiger partial charge in [-0.3, -0.25) is 4.79 Å². The van der Waals surface area contributed by atoms with Crippen molar-refractivity contribution in [3.63, 3.8) is 0 Å². The molecule has 134 valence electrons. The zero-order chi connectivity index (χ0) is 16.9. The van der Waals surface area contributed by atoms with Crippen molar-refractivity contribution in [2.45, 2.75) is 25.8 Å². The molecule has 0 aromatic heterocycles. The first-order valence-corrected chi connectivity index (χ1v) is 8.47. The van der Waals surface area contributed by atoms with Gasteiger partial charge in [0.1, 0.15) is 11.5 Å². The minimum absolute atomic E-state index is 0. The minimum atomic E-state index is 0. The number of nitrogens with one attached hydrogen (secondary N) is 1. The second-order valence-electron chi connectivity index (χ2n) is 6.38. The van der Waals surface area contributed by atoms with E-state index >= 15 is 0 Å². The smallest absolute Gasteiger partial charge is 0.229 e. The van der Waals surface area contributed by atoms with Crippen LogP contribution in [0.1, 0.15) is 19.8 Å². The third-order valence-electron chi connectivity index (χ3n) is 4.51. The number of benzene rings is 2. The van der Waals surface area contributed by atoms with E-state index in [0.717, 1.165) is 36.6 Å². The van der Waals surface area contributed by atoms with Gasteiger partial charge in [-0.25, -0.2) is 0 Å². The van der Waals surface area contributed by atoms with Crippen LogP contribution < -0.4 is 15.0 Å². The summed E-state index contributed by atoms with van der Waals surface area (Å²) in [5.41, 5.74) is 0.895. The molecular weight excluding hydrogens is 336 g/mol. The zero-order valence-electron chi connectivity index (χ0n) is 14.6. The molecule has 1 fully saturated rings. The molecule has 0 saturated carbocycles. The molecule has 1 aliphatic heterocycles. The molecule has 1 N–H and O–H groups in total. The molecule has 5 heteroatoms. The number of carbonyl (C=O) groups is 1. The lowest BCUT2D eigenvalue weighted by Gasteiger charge is -2.30. The van der Waals surface area contributed by atoms with Gasteiger partial charge < -0.3 is 15.0 Å². The predicted octanol–water partition coefficient (Wildman–Crippen LogP) is 4.25. The van der Waals surface area contributed by atoms with Crippen molar-refractivity contribution in [2.24, 2.45) is 5.92 Å². The van der Waals surface area contributed by atoms with Crippen LogP contribution in [-0.4, -0.2) is 25.5 Å². The summed E-state index contributed by atoms with van der Waals surface area (Å²) >= 11 is 0. The molecule has 1 heterocycles. The van der Waals surface area contributed by atoms with Crippen LogP contribution in [0.25, 0.3) is 0 Å². The molecule has 0 bridgehead atoms. The fraction of sp³-hybridized carbons (Fsp3) is 0.350.